The Labute approximate surface area is 136 Å². The standard InChI is InChI=1S/C15H17BrN2O2S/c16-9-5-6-12(11(17)7-9)21-13-8-14(19)18(15(13)20)10-3-1-2-4-10/h5-7,10,13H,1-4,8,17H2. The van der Waals surface area contributed by atoms with Gasteiger partial charge in [0.15, 0.2) is 0 Å². The van der Waals surface area contributed by atoms with Crippen molar-refractivity contribution in [2.75, 3.05) is 5.73 Å². The smallest absolute Gasteiger partial charge is 0.243 e. The zero-order chi connectivity index (χ0) is 15.0. The molecular formula is C15H17BrN2O2S. The van der Waals surface area contributed by atoms with Crippen LogP contribution in [0, 0.1) is 0 Å². The lowest BCUT2D eigenvalue weighted by atomic mass is 10.2. The maximum atomic E-state index is 12.5. The number of likely N-dealkylation sites (tertiary alicyclic amines) is 1. The van der Waals surface area contributed by atoms with Crippen LogP contribution >= 0.6 is 27.7 Å². The lowest BCUT2D eigenvalue weighted by Crippen LogP contribution is -2.39. The number of nitrogens with two attached hydrogens (primary N) is 1. The van der Waals surface area contributed by atoms with Crippen molar-refractivity contribution in [3.05, 3.63) is 22.7 Å². The van der Waals surface area contributed by atoms with Crippen LogP contribution in [0.5, 0.6) is 0 Å². The number of carbonyl (C=O) groups excluding carboxylic acids is 2. The Balaban J connectivity index is 1.75. The Morgan fingerprint density at radius 2 is 1.95 bits per heavy atom. The summed E-state index contributed by atoms with van der Waals surface area (Å²) >= 11 is 4.77. The summed E-state index contributed by atoms with van der Waals surface area (Å²) in [7, 11) is 0. The molecule has 21 heavy (non-hydrogen) atoms. The zero-order valence-electron chi connectivity index (χ0n) is 11.5. The zero-order valence-corrected chi connectivity index (χ0v) is 14.0. The first-order valence-corrected chi connectivity index (χ1v) is 8.81. The van der Waals surface area contributed by atoms with E-state index in [-0.39, 0.29) is 29.5 Å². The maximum Gasteiger partial charge on any atom is 0.243 e. The molecule has 0 radical (unpaired) electrons. The Kier molecular flexibility index (Phi) is 4.26. The van der Waals surface area contributed by atoms with Crippen molar-refractivity contribution < 1.29 is 9.59 Å². The quantitative estimate of drug-likeness (QED) is 0.657. The summed E-state index contributed by atoms with van der Waals surface area (Å²) in [6.07, 6.45) is 4.42. The molecule has 1 aliphatic carbocycles. The van der Waals surface area contributed by atoms with Gasteiger partial charge in [-0.15, -0.1) is 11.8 Å². The first kappa shape index (κ1) is 14.9. The van der Waals surface area contributed by atoms with E-state index in [1.807, 2.05) is 18.2 Å². The molecule has 0 aromatic heterocycles. The summed E-state index contributed by atoms with van der Waals surface area (Å²) in [5.74, 6) is -0.0701. The summed E-state index contributed by atoms with van der Waals surface area (Å²) in [5.41, 5.74) is 6.61. The molecule has 1 aromatic carbocycles. The van der Waals surface area contributed by atoms with Gasteiger partial charge in [0, 0.05) is 27.5 Å². The van der Waals surface area contributed by atoms with Gasteiger partial charge in [0.1, 0.15) is 0 Å². The summed E-state index contributed by atoms with van der Waals surface area (Å²) in [5, 5.41) is -0.332. The summed E-state index contributed by atoms with van der Waals surface area (Å²) < 4.78 is 0.908. The van der Waals surface area contributed by atoms with Crippen LogP contribution in [0.3, 0.4) is 0 Å². The van der Waals surface area contributed by atoms with E-state index in [1.54, 1.807) is 0 Å². The van der Waals surface area contributed by atoms with Crippen molar-refractivity contribution in [3.63, 3.8) is 0 Å². The normalized spacial score (nSPS) is 23.3. The second-order valence-corrected chi connectivity index (χ2v) is 7.69. The number of benzene rings is 1. The van der Waals surface area contributed by atoms with Gasteiger partial charge < -0.3 is 5.73 Å². The number of hydrogen-bond acceptors (Lipinski definition) is 4. The molecule has 3 rings (SSSR count). The highest BCUT2D eigenvalue weighted by Gasteiger charge is 2.43. The second-order valence-electron chi connectivity index (χ2n) is 5.53. The molecule has 6 heteroatoms. The first-order valence-electron chi connectivity index (χ1n) is 7.14. The van der Waals surface area contributed by atoms with Gasteiger partial charge in [-0.3, -0.25) is 14.5 Å². The average molecular weight is 369 g/mol. The SMILES string of the molecule is Nc1cc(Br)ccc1SC1CC(=O)N(C2CCCC2)C1=O. The predicted molar refractivity (Wildman–Crippen MR) is 86.9 cm³/mol. The van der Waals surface area contributed by atoms with Crippen molar-refractivity contribution in [2.24, 2.45) is 0 Å². The van der Waals surface area contributed by atoms with Crippen LogP contribution in [0.15, 0.2) is 27.6 Å². The molecular weight excluding hydrogens is 352 g/mol. The minimum Gasteiger partial charge on any atom is -0.398 e. The highest BCUT2D eigenvalue weighted by molar-refractivity contribution is 9.10. The number of nitrogen functional groups attached to an aromatic ring is 1. The molecule has 1 saturated heterocycles. The van der Waals surface area contributed by atoms with E-state index in [2.05, 4.69) is 15.9 Å². The van der Waals surface area contributed by atoms with Crippen LogP contribution in [0.4, 0.5) is 5.69 Å². The molecule has 1 heterocycles. The molecule has 0 spiro atoms. The van der Waals surface area contributed by atoms with Gasteiger partial charge in [-0.2, -0.15) is 0 Å². The van der Waals surface area contributed by atoms with E-state index in [0.717, 1.165) is 35.1 Å². The predicted octanol–water partition coefficient (Wildman–Crippen LogP) is 3.19. The molecule has 0 bridgehead atoms. The van der Waals surface area contributed by atoms with Crippen LogP contribution in [0.25, 0.3) is 0 Å². The monoisotopic (exact) mass is 368 g/mol. The topological polar surface area (TPSA) is 63.4 Å². The molecule has 112 valence electrons. The van der Waals surface area contributed by atoms with Crippen molar-refractivity contribution in [1.29, 1.82) is 0 Å². The average Bonchev–Trinajstić information content (AvgIpc) is 3.02. The fourth-order valence-electron chi connectivity index (χ4n) is 3.04. The fourth-order valence-corrected chi connectivity index (χ4v) is 4.51. The molecule has 2 aliphatic rings. The largest absolute Gasteiger partial charge is 0.398 e. The van der Waals surface area contributed by atoms with Crippen molar-refractivity contribution in [1.82, 2.24) is 4.90 Å². The highest BCUT2D eigenvalue weighted by Crippen LogP contribution is 2.38. The number of imide groups is 1. The summed E-state index contributed by atoms with van der Waals surface area (Å²) in [6, 6.07) is 5.73. The van der Waals surface area contributed by atoms with E-state index < -0.39 is 0 Å². The number of thioether (sulfide) groups is 1. The van der Waals surface area contributed by atoms with E-state index >= 15 is 0 Å². The number of carbonyl (C=O) groups is 2. The number of rotatable bonds is 3. The Morgan fingerprint density at radius 3 is 2.62 bits per heavy atom. The molecule has 4 nitrogen and oxygen atoms in total. The van der Waals surface area contributed by atoms with Gasteiger partial charge in [-0.1, -0.05) is 28.8 Å². The number of halogens is 1. The number of amides is 2. The van der Waals surface area contributed by atoms with E-state index in [4.69, 9.17) is 5.73 Å². The Hall–Kier alpha value is -1.01. The van der Waals surface area contributed by atoms with Crippen LogP contribution < -0.4 is 5.73 Å². The van der Waals surface area contributed by atoms with Gasteiger partial charge in [-0.05, 0) is 31.0 Å². The molecule has 1 aromatic rings. The minimum absolute atomic E-state index is 0.0277. The van der Waals surface area contributed by atoms with E-state index in [9.17, 15) is 9.59 Å². The lowest BCUT2D eigenvalue weighted by Gasteiger charge is -2.22. The van der Waals surface area contributed by atoms with Gasteiger partial charge in [0.2, 0.25) is 11.8 Å². The fraction of sp³-hybridized carbons (Fsp3) is 0.467. The molecule has 1 unspecified atom stereocenters. The van der Waals surface area contributed by atoms with Crippen LogP contribution in [-0.4, -0.2) is 28.0 Å². The maximum absolute atomic E-state index is 12.5. The van der Waals surface area contributed by atoms with E-state index in [1.165, 1.54) is 16.7 Å². The molecule has 1 saturated carbocycles. The van der Waals surface area contributed by atoms with Crippen LogP contribution in [-0.2, 0) is 9.59 Å². The van der Waals surface area contributed by atoms with Crippen molar-refractivity contribution in [3.8, 4) is 0 Å². The minimum atomic E-state index is -0.332. The molecule has 2 N–H and O–H groups in total. The number of hydrogen-bond donors (Lipinski definition) is 1. The first-order chi connectivity index (χ1) is 10.1. The molecule has 2 amide bonds. The van der Waals surface area contributed by atoms with Crippen LogP contribution in [0.2, 0.25) is 0 Å². The van der Waals surface area contributed by atoms with Gasteiger partial charge in [0.05, 0.1) is 5.25 Å². The van der Waals surface area contributed by atoms with E-state index in [0.29, 0.717) is 5.69 Å². The Bertz CT molecular complexity index is 587. The molecule has 1 atom stereocenters. The third-order valence-corrected chi connectivity index (χ3v) is 5.84. The Morgan fingerprint density at radius 1 is 1.24 bits per heavy atom. The summed E-state index contributed by atoms with van der Waals surface area (Å²) in [4.78, 5) is 27.1. The molecule has 2 fully saturated rings. The summed E-state index contributed by atoms with van der Waals surface area (Å²) in [6.45, 7) is 0. The van der Waals surface area contributed by atoms with Crippen LogP contribution in [0.1, 0.15) is 32.1 Å². The van der Waals surface area contributed by atoms with Crippen molar-refractivity contribution >= 4 is 45.2 Å². The third kappa shape index (κ3) is 2.97. The van der Waals surface area contributed by atoms with Gasteiger partial charge in [0.25, 0.3) is 0 Å². The van der Waals surface area contributed by atoms with Crippen molar-refractivity contribution in [2.45, 2.75) is 48.3 Å². The number of nitrogens with zero attached hydrogens (tertiary/aromatic N) is 1. The van der Waals surface area contributed by atoms with Gasteiger partial charge >= 0.3 is 0 Å². The highest BCUT2D eigenvalue weighted by atomic mass is 79.9. The second kappa shape index (κ2) is 6.01. The van der Waals surface area contributed by atoms with Gasteiger partial charge in [-0.25, -0.2) is 0 Å². The lowest BCUT2D eigenvalue weighted by molar-refractivity contribution is -0.140. The number of anilines is 1. The molecule has 1 aliphatic heterocycles. The third-order valence-electron chi connectivity index (χ3n) is 4.07.